The Balaban J connectivity index is 1.64. The first-order valence-corrected chi connectivity index (χ1v) is 7.64. The largest absolute Gasteiger partial charge is 0.338 e. The number of nitrogens with zero attached hydrogens (tertiary/aromatic N) is 2. The first-order valence-electron chi connectivity index (χ1n) is 7.64. The third-order valence-electron chi connectivity index (χ3n) is 4.36. The second-order valence-electron chi connectivity index (χ2n) is 6.65. The van der Waals surface area contributed by atoms with Crippen LogP contribution in [0.3, 0.4) is 0 Å². The molecule has 0 aromatic heterocycles. The molecule has 5 nitrogen and oxygen atoms in total. The minimum absolute atomic E-state index is 0.00328. The summed E-state index contributed by atoms with van der Waals surface area (Å²) in [6.07, 6.45) is 3.65. The number of hydrogen-bond donors (Lipinski definition) is 0. The Kier molecular flexibility index (Phi) is 3.30. The number of carbonyl (C=O) groups is 3. The Hall–Kier alpha value is -1.39. The molecule has 3 fully saturated rings. The van der Waals surface area contributed by atoms with Gasteiger partial charge in [-0.05, 0) is 25.7 Å². The lowest BCUT2D eigenvalue weighted by Gasteiger charge is -2.45. The van der Waals surface area contributed by atoms with Gasteiger partial charge in [0.05, 0.1) is 6.04 Å². The lowest BCUT2D eigenvalue weighted by molar-refractivity contribution is -0.159. The number of hydrogen-bond acceptors (Lipinski definition) is 3. The van der Waals surface area contributed by atoms with E-state index in [2.05, 4.69) is 0 Å². The predicted molar refractivity (Wildman–Crippen MR) is 72.5 cm³/mol. The highest BCUT2D eigenvalue weighted by Crippen LogP contribution is 2.37. The maximum Gasteiger partial charge on any atom is 0.232 e. The van der Waals surface area contributed by atoms with Crippen molar-refractivity contribution in [2.45, 2.75) is 45.6 Å². The summed E-state index contributed by atoms with van der Waals surface area (Å²) >= 11 is 0. The summed E-state index contributed by atoms with van der Waals surface area (Å²) in [6, 6.07) is -0.0844. The van der Waals surface area contributed by atoms with Crippen LogP contribution in [0, 0.1) is 17.8 Å². The molecular formula is C15H22N2O3. The summed E-state index contributed by atoms with van der Waals surface area (Å²) in [5.74, 6) is 0.216. The minimum atomic E-state index is -0.0844. The Morgan fingerprint density at radius 2 is 1.40 bits per heavy atom. The zero-order chi connectivity index (χ0) is 14.4. The van der Waals surface area contributed by atoms with Gasteiger partial charge in [0.25, 0.3) is 0 Å². The van der Waals surface area contributed by atoms with Crippen LogP contribution in [0.5, 0.6) is 0 Å². The third kappa shape index (κ3) is 2.45. The van der Waals surface area contributed by atoms with E-state index in [4.69, 9.17) is 0 Å². The van der Waals surface area contributed by atoms with Crippen molar-refractivity contribution in [2.24, 2.45) is 17.8 Å². The van der Waals surface area contributed by atoms with Gasteiger partial charge in [0, 0.05) is 30.8 Å². The van der Waals surface area contributed by atoms with Crippen molar-refractivity contribution >= 4 is 17.7 Å². The van der Waals surface area contributed by atoms with Gasteiger partial charge >= 0.3 is 0 Å². The molecule has 110 valence electrons. The van der Waals surface area contributed by atoms with Crippen LogP contribution in [0.15, 0.2) is 0 Å². The predicted octanol–water partition coefficient (Wildman–Crippen LogP) is 1.03. The average Bonchev–Trinajstić information content (AvgIpc) is 3.22. The van der Waals surface area contributed by atoms with Crippen LogP contribution in [-0.4, -0.2) is 46.7 Å². The van der Waals surface area contributed by atoms with Crippen molar-refractivity contribution in [3.8, 4) is 0 Å². The van der Waals surface area contributed by atoms with Crippen LogP contribution >= 0.6 is 0 Å². The number of amides is 3. The zero-order valence-electron chi connectivity index (χ0n) is 12.2. The molecule has 0 atom stereocenters. The summed E-state index contributed by atoms with van der Waals surface area (Å²) < 4.78 is 0. The highest BCUT2D eigenvalue weighted by Gasteiger charge is 2.47. The molecule has 0 aromatic carbocycles. The molecule has 0 N–H and O–H groups in total. The van der Waals surface area contributed by atoms with Gasteiger partial charge in [0.2, 0.25) is 17.7 Å². The highest BCUT2D eigenvalue weighted by atomic mass is 16.2. The van der Waals surface area contributed by atoms with Gasteiger partial charge < -0.3 is 4.90 Å². The molecule has 0 bridgehead atoms. The maximum atomic E-state index is 12.3. The lowest BCUT2D eigenvalue weighted by Crippen LogP contribution is -2.64. The first-order chi connectivity index (χ1) is 9.49. The van der Waals surface area contributed by atoms with E-state index in [1.807, 2.05) is 13.8 Å². The fraction of sp³-hybridized carbons (Fsp3) is 0.800. The van der Waals surface area contributed by atoms with Crippen molar-refractivity contribution < 1.29 is 14.4 Å². The summed E-state index contributed by atoms with van der Waals surface area (Å²) in [6.45, 7) is 4.79. The molecule has 0 aromatic rings. The van der Waals surface area contributed by atoms with E-state index in [0.717, 1.165) is 25.7 Å². The van der Waals surface area contributed by atoms with Crippen LogP contribution in [-0.2, 0) is 14.4 Å². The molecule has 0 spiro atoms. The molecular weight excluding hydrogens is 256 g/mol. The van der Waals surface area contributed by atoms with E-state index in [0.29, 0.717) is 13.1 Å². The van der Waals surface area contributed by atoms with Gasteiger partial charge in [-0.1, -0.05) is 13.8 Å². The van der Waals surface area contributed by atoms with Gasteiger partial charge in [-0.2, -0.15) is 0 Å². The van der Waals surface area contributed by atoms with E-state index in [9.17, 15) is 14.4 Å². The molecule has 20 heavy (non-hydrogen) atoms. The van der Waals surface area contributed by atoms with E-state index in [1.165, 1.54) is 4.90 Å². The second kappa shape index (κ2) is 4.86. The molecule has 3 amide bonds. The normalized spacial score (nSPS) is 22.6. The smallest absolute Gasteiger partial charge is 0.232 e. The fourth-order valence-corrected chi connectivity index (χ4v) is 2.69. The van der Waals surface area contributed by atoms with Crippen LogP contribution in [0.4, 0.5) is 0 Å². The first kappa shape index (κ1) is 13.6. The summed E-state index contributed by atoms with van der Waals surface area (Å²) in [5, 5.41) is 0. The highest BCUT2D eigenvalue weighted by molar-refractivity contribution is 5.99. The summed E-state index contributed by atoms with van der Waals surface area (Å²) in [7, 11) is 0. The SMILES string of the molecule is CC(C)C(=O)N1CC(N(C(=O)C2CC2)C(=O)C2CC2)C1. The molecule has 2 saturated carbocycles. The molecule has 1 saturated heterocycles. The number of likely N-dealkylation sites (tertiary alicyclic amines) is 1. The van der Waals surface area contributed by atoms with Gasteiger partial charge in [0.15, 0.2) is 0 Å². The average molecular weight is 278 g/mol. The second-order valence-corrected chi connectivity index (χ2v) is 6.65. The molecule has 1 heterocycles. The number of carbonyl (C=O) groups excluding carboxylic acids is 3. The fourth-order valence-electron chi connectivity index (χ4n) is 2.69. The van der Waals surface area contributed by atoms with Crippen LogP contribution in [0.25, 0.3) is 0 Å². The summed E-state index contributed by atoms with van der Waals surface area (Å²) in [4.78, 5) is 39.8. The molecule has 1 aliphatic heterocycles. The van der Waals surface area contributed by atoms with Crippen molar-refractivity contribution in [3.63, 3.8) is 0 Å². The molecule has 5 heteroatoms. The third-order valence-corrected chi connectivity index (χ3v) is 4.36. The quantitative estimate of drug-likeness (QED) is 0.722. The van der Waals surface area contributed by atoms with Crippen molar-refractivity contribution in [1.29, 1.82) is 0 Å². The van der Waals surface area contributed by atoms with Crippen molar-refractivity contribution in [3.05, 3.63) is 0 Å². The lowest BCUT2D eigenvalue weighted by atomic mass is 10.0. The molecule has 0 unspecified atom stereocenters. The van der Waals surface area contributed by atoms with Crippen LogP contribution in [0.2, 0.25) is 0 Å². The van der Waals surface area contributed by atoms with Gasteiger partial charge in [-0.3, -0.25) is 19.3 Å². The van der Waals surface area contributed by atoms with Crippen molar-refractivity contribution in [2.75, 3.05) is 13.1 Å². The Morgan fingerprint density at radius 3 is 1.75 bits per heavy atom. The Morgan fingerprint density at radius 1 is 0.950 bits per heavy atom. The summed E-state index contributed by atoms with van der Waals surface area (Å²) in [5.41, 5.74) is 0. The van der Waals surface area contributed by atoms with Crippen LogP contribution in [0.1, 0.15) is 39.5 Å². The van der Waals surface area contributed by atoms with Gasteiger partial charge in [0.1, 0.15) is 0 Å². The number of imide groups is 1. The molecule has 0 radical (unpaired) electrons. The van der Waals surface area contributed by atoms with Gasteiger partial charge in [-0.25, -0.2) is 0 Å². The maximum absolute atomic E-state index is 12.3. The Labute approximate surface area is 119 Å². The number of rotatable bonds is 4. The van der Waals surface area contributed by atoms with Crippen molar-refractivity contribution in [1.82, 2.24) is 9.80 Å². The van der Waals surface area contributed by atoms with Crippen LogP contribution < -0.4 is 0 Å². The molecule has 3 aliphatic rings. The molecule has 2 aliphatic carbocycles. The minimum Gasteiger partial charge on any atom is -0.338 e. The zero-order valence-corrected chi connectivity index (χ0v) is 12.2. The standard InChI is InChI=1S/C15H22N2O3/c1-9(2)13(18)16-7-12(8-16)17(14(19)10-3-4-10)15(20)11-5-6-11/h9-12H,3-8H2,1-2H3. The van der Waals surface area contributed by atoms with E-state index in [-0.39, 0.29) is 41.5 Å². The van der Waals surface area contributed by atoms with E-state index >= 15 is 0 Å². The monoisotopic (exact) mass is 278 g/mol. The molecule has 3 rings (SSSR count). The van der Waals surface area contributed by atoms with E-state index < -0.39 is 0 Å². The van der Waals surface area contributed by atoms with E-state index in [1.54, 1.807) is 4.90 Å². The van der Waals surface area contributed by atoms with Gasteiger partial charge in [-0.15, -0.1) is 0 Å². The topological polar surface area (TPSA) is 57.7 Å². The Bertz CT molecular complexity index is 422.